The first-order valence-electron chi connectivity index (χ1n) is 9.45. The van der Waals surface area contributed by atoms with E-state index in [1.807, 2.05) is 23.0 Å². The predicted molar refractivity (Wildman–Crippen MR) is 113 cm³/mol. The van der Waals surface area contributed by atoms with Crippen LogP contribution >= 0.6 is 11.6 Å². The zero-order valence-electron chi connectivity index (χ0n) is 16.6. The van der Waals surface area contributed by atoms with Gasteiger partial charge >= 0.3 is 0 Å². The Balaban J connectivity index is 2.03. The highest BCUT2D eigenvalue weighted by molar-refractivity contribution is 6.30. The van der Waals surface area contributed by atoms with Gasteiger partial charge in [-0.15, -0.1) is 0 Å². The minimum atomic E-state index is -0.381. The summed E-state index contributed by atoms with van der Waals surface area (Å²) >= 11 is 5.99. The lowest BCUT2D eigenvalue weighted by molar-refractivity contribution is 0.0917. The topological polar surface area (TPSA) is 92.9 Å². The number of carbonyl (C=O) groups is 1. The van der Waals surface area contributed by atoms with Crippen molar-refractivity contribution in [2.24, 2.45) is 5.92 Å². The van der Waals surface area contributed by atoms with Crippen LogP contribution in [0.15, 0.2) is 42.7 Å². The summed E-state index contributed by atoms with van der Waals surface area (Å²) in [4.78, 5) is 21.7. The number of hydrogen-bond donors (Lipinski definition) is 2. The molecule has 3 rings (SSSR count). The van der Waals surface area contributed by atoms with E-state index in [4.69, 9.17) is 11.6 Å². The maximum Gasteiger partial charge on any atom is 0.270 e. The molecule has 29 heavy (non-hydrogen) atoms. The third-order valence-electron chi connectivity index (χ3n) is 4.19. The van der Waals surface area contributed by atoms with Crippen molar-refractivity contribution in [1.29, 1.82) is 0 Å². The lowest BCUT2D eigenvalue weighted by Gasteiger charge is -2.12. The molecule has 152 valence electrons. The lowest BCUT2D eigenvalue weighted by Crippen LogP contribution is -2.35. The number of halogens is 1. The summed E-state index contributed by atoms with van der Waals surface area (Å²) in [6, 6.07) is 8.47. The van der Waals surface area contributed by atoms with E-state index in [-0.39, 0.29) is 24.2 Å². The first kappa shape index (κ1) is 21.0. The van der Waals surface area contributed by atoms with Crippen molar-refractivity contribution in [3.05, 3.63) is 53.4 Å². The SMILES string of the molecule is CC(C)Cn1cc(-c2nc(C(=O)N[C@@H](C)CO)cc(-c3ccc(Cl)cc3)n2)cn1. The summed E-state index contributed by atoms with van der Waals surface area (Å²) in [5, 5.41) is 16.9. The molecule has 2 N–H and O–H groups in total. The van der Waals surface area contributed by atoms with Crippen molar-refractivity contribution >= 4 is 17.5 Å². The molecule has 0 saturated heterocycles. The molecule has 0 aliphatic carbocycles. The van der Waals surface area contributed by atoms with E-state index in [9.17, 15) is 9.90 Å². The van der Waals surface area contributed by atoms with Gasteiger partial charge < -0.3 is 10.4 Å². The monoisotopic (exact) mass is 413 g/mol. The molecule has 0 unspecified atom stereocenters. The quantitative estimate of drug-likeness (QED) is 0.619. The van der Waals surface area contributed by atoms with E-state index in [0.717, 1.165) is 17.7 Å². The molecule has 0 aliphatic rings. The van der Waals surface area contributed by atoms with Crippen molar-refractivity contribution in [2.45, 2.75) is 33.4 Å². The number of aromatic nitrogens is 4. The normalized spacial score (nSPS) is 12.2. The van der Waals surface area contributed by atoms with Gasteiger partial charge in [0.2, 0.25) is 0 Å². The Labute approximate surface area is 174 Å². The fraction of sp³-hybridized carbons (Fsp3) is 0.333. The van der Waals surface area contributed by atoms with Gasteiger partial charge in [-0.25, -0.2) is 9.97 Å². The van der Waals surface area contributed by atoms with Crippen molar-refractivity contribution in [3.8, 4) is 22.6 Å². The number of benzene rings is 1. The highest BCUT2D eigenvalue weighted by Crippen LogP contribution is 2.24. The van der Waals surface area contributed by atoms with Gasteiger partial charge in [0, 0.05) is 29.4 Å². The molecule has 0 spiro atoms. The summed E-state index contributed by atoms with van der Waals surface area (Å²) < 4.78 is 1.84. The molecular weight excluding hydrogens is 390 g/mol. The summed E-state index contributed by atoms with van der Waals surface area (Å²) in [5.74, 6) is 0.486. The van der Waals surface area contributed by atoms with E-state index >= 15 is 0 Å². The maximum absolute atomic E-state index is 12.6. The Kier molecular flexibility index (Phi) is 6.61. The van der Waals surface area contributed by atoms with Gasteiger partial charge in [-0.2, -0.15) is 5.10 Å². The van der Waals surface area contributed by atoms with E-state index in [1.165, 1.54) is 0 Å². The third kappa shape index (κ3) is 5.40. The Bertz CT molecular complexity index is 985. The predicted octanol–water partition coefficient (Wildman–Crippen LogP) is 3.43. The molecule has 7 nitrogen and oxygen atoms in total. The molecule has 0 aliphatic heterocycles. The molecule has 0 fully saturated rings. The Hall–Kier alpha value is -2.77. The number of nitrogens with zero attached hydrogens (tertiary/aromatic N) is 4. The number of nitrogens with one attached hydrogen (secondary N) is 1. The van der Waals surface area contributed by atoms with Gasteiger partial charge in [0.15, 0.2) is 5.82 Å². The van der Waals surface area contributed by atoms with Crippen LogP contribution in [0.3, 0.4) is 0 Å². The number of hydrogen-bond acceptors (Lipinski definition) is 5. The molecule has 0 radical (unpaired) electrons. The van der Waals surface area contributed by atoms with Gasteiger partial charge in [0.05, 0.1) is 24.1 Å². The van der Waals surface area contributed by atoms with Crippen molar-refractivity contribution in [1.82, 2.24) is 25.1 Å². The summed E-state index contributed by atoms with van der Waals surface area (Å²) in [6.45, 7) is 6.57. The number of rotatable bonds is 7. The third-order valence-corrected chi connectivity index (χ3v) is 4.45. The smallest absolute Gasteiger partial charge is 0.270 e. The van der Waals surface area contributed by atoms with Crippen LogP contribution in [0.5, 0.6) is 0 Å². The Morgan fingerprint density at radius 2 is 1.90 bits per heavy atom. The molecular formula is C21H24ClN5O2. The average molecular weight is 414 g/mol. The molecule has 0 saturated carbocycles. The lowest BCUT2D eigenvalue weighted by atomic mass is 10.1. The van der Waals surface area contributed by atoms with Gasteiger partial charge in [-0.3, -0.25) is 9.48 Å². The zero-order valence-corrected chi connectivity index (χ0v) is 17.4. The van der Waals surface area contributed by atoms with Crippen LogP contribution in [0.25, 0.3) is 22.6 Å². The second-order valence-corrected chi connectivity index (χ2v) is 7.81. The zero-order chi connectivity index (χ0) is 21.0. The van der Waals surface area contributed by atoms with Crippen LogP contribution in [0, 0.1) is 5.92 Å². The van der Waals surface area contributed by atoms with Gasteiger partial charge in [0.1, 0.15) is 5.69 Å². The van der Waals surface area contributed by atoms with E-state index < -0.39 is 0 Å². The highest BCUT2D eigenvalue weighted by Gasteiger charge is 2.17. The summed E-state index contributed by atoms with van der Waals surface area (Å²) in [7, 11) is 0. The molecule has 3 aromatic rings. The van der Waals surface area contributed by atoms with Crippen molar-refractivity contribution in [3.63, 3.8) is 0 Å². The second kappa shape index (κ2) is 9.15. The van der Waals surface area contributed by atoms with Crippen LogP contribution in [0.2, 0.25) is 5.02 Å². The molecule has 1 amide bonds. The average Bonchev–Trinajstić information content (AvgIpc) is 3.15. The first-order valence-corrected chi connectivity index (χ1v) is 9.83. The van der Waals surface area contributed by atoms with Crippen LogP contribution in [0.1, 0.15) is 31.3 Å². The van der Waals surface area contributed by atoms with Crippen LogP contribution in [-0.4, -0.2) is 43.4 Å². The van der Waals surface area contributed by atoms with Crippen LogP contribution in [-0.2, 0) is 6.54 Å². The van der Waals surface area contributed by atoms with Gasteiger partial charge in [0.25, 0.3) is 5.91 Å². The summed E-state index contributed by atoms with van der Waals surface area (Å²) in [6.07, 6.45) is 3.57. The molecule has 8 heteroatoms. The number of carbonyl (C=O) groups excluding carboxylic acids is 1. The molecule has 0 bridgehead atoms. The first-order chi connectivity index (χ1) is 13.9. The highest BCUT2D eigenvalue weighted by atomic mass is 35.5. The largest absolute Gasteiger partial charge is 0.394 e. The standard InChI is InChI=1S/C21H24ClN5O2/c1-13(2)10-27-11-16(9-23-27)20-25-18(15-4-6-17(22)7-5-15)8-19(26-20)21(29)24-14(3)12-28/h4-9,11,13-14,28H,10,12H2,1-3H3,(H,24,29)/t14-/m0/s1. The molecule has 1 atom stereocenters. The minimum absolute atomic E-state index is 0.157. The number of aliphatic hydroxyl groups is 1. The molecule has 2 aromatic heterocycles. The fourth-order valence-electron chi connectivity index (χ4n) is 2.76. The Morgan fingerprint density at radius 1 is 1.17 bits per heavy atom. The summed E-state index contributed by atoms with van der Waals surface area (Å²) in [5.41, 5.74) is 2.37. The van der Waals surface area contributed by atoms with Crippen molar-refractivity contribution < 1.29 is 9.90 Å². The van der Waals surface area contributed by atoms with Crippen LogP contribution < -0.4 is 5.32 Å². The fourth-order valence-corrected chi connectivity index (χ4v) is 2.88. The molecule has 1 aromatic carbocycles. The Morgan fingerprint density at radius 3 is 2.55 bits per heavy atom. The number of amides is 1. The van der Waals surface area contributed by atoms with Gasteiger partial charge in [-0.1, -0.05) is 37.6 Å². The van der Waals surface area contributed by atoms with Crippen LogP contribution in [0.4, 0.5) is 0 Å². The van der Waals surface area contributed by atoms with Gasteiger partial charge in [-0.05, 0) is 31.0 Å². The maximum atomic E-state index is 12.6. The van der Waals surface area contributed by atoms with E-state index in [2.05, 4.69) is 34.2 Å². The second-order valence-electron chi connectivity index (χ2n) is 7.37. The minimum Gasteiger partial charge on any atom is -0.394 e. The van der Waals surface area contributed by atoms with Crippen molar-refractivity contribution in [2.75, 3.05) is 6.61 Å². The molecule has 2 heterocycles. The van der Waals surface area contributed by atoms with E-state index in [0.29, 0.717) is 22.5 Å². The number of aliphatic hydroxyl groups excluding tert-OH is 1. The van der Waals surface area contributed by atoms with E-state index in [1.54, 1.807) is 31.3 Å².